The molecule has 0 fully saturated rings. The van der Waals surface area contributed by atoms with Gasteiger partial charge in [0.2, 0.25) is 0 Å². The monoisotopic (exact) mass is 442 g/mol. The van der Waals surface area contributed by atoms with E-state index in [0.717, 1.165) is 24.3 Å². The number of alkyl halides is 6. The van der Waals surface area contributed by atoms with Crippen LogP contribution in [-0.4, -0.2) is 27.8 Å². The van der Waals surface area contributed by atoms with Crippen molar-refractivity contribution in [1.82, 2.24) is 0 Å². The Morgan fingerprint density at radius 1 is 0.690 bits per heavy atom. The van der Waals surface area contributed by atoms with E-state index in [1.54, 1.807) is 0 Å². The summed E-state index contributed by atoms with van der Waals surface area (Å²) in [5.41, 5.74) is -2.29. The van der Waals surface area contributed by atoms with Crippen molar-refractivity contribution < 1.29 is 45.3 Å². The van der Waals surface area contributed by atoms with Gasteiger partial charge in [-0.05, 0) is 24.3 Å². The molecule has 0 amide bonds. The topological polar surface area (TPSA) is 36.9 Å². The van der Waals surface area contributed by atoms with E-state index >= 15 is 0 Å². The molecule has 0 unspecified atom stereocenters. The SMILES string of the molecule is COCOc1cccc(C(F)(F)F)c1Sc1c(OCOC)cccc1C(F)(F)F. The van der Waals surface area contributed by atoms with Crippen LogP contribution in [0.5, 0.6) is 11.5 Å². The van der Waals surface area contributed by atoms with Crippen molar-refractivity contribution in [2.24, 2.45) is 0 Å². The summed E-state index contributed by atoms with van der Waals surface area (Å²) < 4.78 is 101. The minimum Gasteiger partial charge on any atom is -0.466 e. The number of hydrogen-bond donors (Lipinski definition) is 0. The number of ether oxygens (including phenoxy) is 4. The van der Waals surface area contributed by atoms with Crippen LogP contribution in [0.2, 0.25) is 0 Å². The molecule has 0 radical (unpaired) electrons. The number of hydrogen-bond acceptors (Lipinski definition) is 5. The molecule has 0 N–H and O–H groups in total. The summed E-state index contributed by atoms with van der Waals surface area (Å²) in [6.45, 7) is -0.772. The van der Waals surface area contributed by atoms with Crippen molar-refractivity contribution in [2.45, 2.75) is 22.1 Å². The Balaban J connectivity index is 2.65. The van der Waals surface area contributed by atoms with Crippen LogP contribution in [0.25, 0.3) is 0 Å². The van der Waals surface area contributed by atoms with Gasteiger partial charge in [0.15, 0.2) is 13.6 Å². The fourth-order valence-electron chi connectivity index (χ4n) is 2.26. The van der Waals surface area contributed by atoms with Gasteiger partial charge in [0.05, 0.1) is 20.9 Å². The highest BCUT2D eigenvalue weighted by Gasteiger charge is 2.39. The average molecular weight is 442 g/mol. The van der Waals surface area contributed by atoms with Crippen molar-refractivity contribution >= 4 is 11.8 Å². The fourth-order valence-corrected chi connectivity index (χ4v) is 3.51. The molecule has 4 nitrogen and oxygen atoms in total. The number of methoxy groups -OCH3 is 2. The lowest BCUT2D eigenvalue weighted by molar-refractivity contribution is -0.140. The second-order valence-corrected chi connectivity index (χ2v) is 6.49. The van der Waals surface area contributed by atoms with E-state index in [4.69, 9.17) is 18.9 Å². The lowest BCUT2D eigenvalue weighted by Crippen LogP contribution is -2.11. The Morgan fingerprint density at radius 3 is 1.38 bits per heavy atom. The maximum Gasteiger partial charge on any atom is 0.417 e. The first kappa shape index (κ1) is 23.2. The molecule has 11 heteroatoms. The average Bonchev–Trinajstić information content (AvgIpc) is 2.64. The summed E-state index contributed by atoms with van der Waals surface area (Å²) in [5, 5.41) is 0. The molecular weight excluding hydrogens is 426 g/mol. The standard InChI is InChI=1S/C18H16F6O4S/c1-25-9-27-13-7-3-5-11(17(19,20)21)15(13)29-16-12(18(22,23)24)6-4-8-14(16)28-10-26-2/h3-8H,9-10H2,1-2H3. The summed E-state index contributed by atoms with van der Waals surface area (Å²) in [4.78, 5) is -1.09. The van der Waals surface area contributed by atoms with Crippen LogP contribution < -0.4 is 9.47 Å². The van der Waals surface area contributed by atoms with E-state index in [2.05, 4.69) is 0 Å². The van der Waals surface area contributed by atoms with Gasteiger partial charge in [-0.3, -0.25) is 0 Å². The lowest BCUT2D eigenvalue weighted by atomic mass is 10.2. The number of rotatable bonds is 8. The van der Waals surface area contributed by atoms with Crippen LogP contribution in [-0.2, 0) is 21.8 Å². The minimum absolute atomic E-state index is 0.248. The number of benzene rings is 2. The summed E-state index contributed by atoms with van der Waals surface area (Å²) in [5.74, 6) is -0.553. The van der Waals surface area contributed by atoms with Crippen LogP contribution >= 0.6 is 11.8 Å². The quantitative estimate of drug-likeness (QED) is 0.379. The normalized spacial score (nSPS) is 12.1. The molecule has 0 atom stereocenters. The Bertz CT molecular complexity index is 755. The van der Waals surface area contributed by atoms with Gasteiger partial charge in [-0.2, -0.15) is 26.3 Å². The maximum atomic E-state index is 13.5. The summed E-state index contributed by atoms with van der Waals surface area (Å²) >= 11 is 0.248. The van der Waals surface area contributed by atoms with Crippen LogP contribution in [0.3, 0.4) is 0 Å². The molecule has 0 saturated heterocycles. The number of halogens is 6. The van der Waals surface area contributed by atoms with Gasteiger partial charge in [0, 0.05) is 14.2 Å². The van der Waals surface area contributed by atoms with Crippen LogP contribution in [0, 0.1) is 0 Å². The fraction of sp³-hybridized carbons (Fsp3) is 0.333. The first-order valence-corrected chi connectivity index (χ1v) is 8.73. The van der Waals surface area contributed by atoms with E-state index < -0.39 is 33.3 Å². The third-order valence-corrected chi connectivity index (χ3v) is 4.69. The van der Waals surface area contributed by atoms with E-state index in [9.17, 15) is 26.3 Å². The summed E-state index contributed by atoms with van der Waals surface area (Å²) in [6.07, 6.45) is -9.65. The zero-order valence-electron chi connectivity index (χ0n) is 15.2. The highest BCUT2D eigenvalue weighted by molar-refractivity contribution is 7.99. The first-order chi connectivity index (χ1) is 13.6. The molecule has 2 aromatic carbocycles. The lowest BCUT2D eigenvalue weighted by Gasteiger charge is -2.20. The Morgan fingerprint density at radius 2 is 1.07 bits per heavy atom. The smallest absolute Gasteiger partial charge is 0.417 e. The molecule has 0 saturated carbocycles. The molecule has 2 rings (SSSR count). The molecule has 2 aromatic rings. The van der Waals surface area contributed by atoms with E-state index in [1.165, 1.54) is 26.4 Å². The molecule has 0 spiro atoms. The van der Waals surface area contributed by atoms with Gasteiger partial charge in [-0.25, -0.2) is 0 Å². The third kappa shape index (κ3) is 5.94. The van der Waals surface area contributed by atoms with Gasteiger partial charge in [0.1, 0.15) is 11.5 Å². The molecule has 29 heavy (non-hydrogen) atoms. The van der Waals surface area contributed by atoms with Gasteiger partial charge in [-0.1, -0.05) is 23.9 Å². The van der Waals surface area contributed by atoms with E-state index in [1.807, 2.05) is 0 Å². The largest absolute Gasteiger partial charge is 0.466 e. The van der Waals surface area contributed by atoms with Crippen molar-refractivity contribution in [1.29, 1.82) is 0 Å². The zero-order chi connectivity index (χ0) is 21.7. The predicted octanol–water partition coefficient (Wildman–Crippen LogP) is 5.84. The predicted molar refractivity (Wildman–Crippen MR) is 92.0 cm³/mol. The highest BCUT2D eigenvalue weighted by Crippen LogP contribution is 2.50. The molecular formula is C18H16F6O4S. The highest BCUT2D eigenvalue weighted by atomic mass is 32.2. The minimum atomic E-state index is -4.82. The van der Waals surface area contributed by atoms with Crippen molar-refractivity contribution in [3.63, 3.8) is 0 Å². The van der Waals surface area contributed by atoms with Crippen LogP contribution in [0.4, 0.5) is 26.3 Å². The van der Waals surface area contributed by atoms with Crippen LogP contribution in [0.15, 0.2) is 46.2 Å². The Hall–Kier alpha value is -2.11. The van der Waals surface area contributed by atoms with Crippen molar-refractivity contribution in [2.75, 3.05) is 27.8 Å². The first-order valence-electron chi connectivity index (χ1n) is 7.91. The third-order valence-electron chi connectivity index (χ3n) is 3.44. The molecule has 0 bridgehead atoms. The molecule has 0 heterocycles. The van der Waals surface area contributed by atoms with Gasteiger partial charge < -0.3 is 18.9 Å². The van der Waals surface area contributed by atoms with Crippen molar-refractivity contribution in [3.05, 3.63) is 47.5 Å². The van der Waals surface area contributed by atoms with Crippen LogP contribution in [0.1, 0.15) is 11.1 Å². The molecule has 0 aliphatic rings. The Kier molecular flexibility index (Phi) is 7.66. The second-order valence-electron chi connectivity index (χ2n) is 5.46. The molecule has 0 aliphatic carbocycles. The van der Waals surface area contributed by atoms with Gasteiger partial charge in [-0.15, -0.1) is 0 Å². The molecule has 0 aliphatic heterocycles. The van der Waals surface area contributed by atoms with E-state index in [0.29, 0.717) is 0 Å². The molecule has 160 valence electrons. The van der Waals surface area contributed by atoms with Gasteiger partial charge >= 0.3 is 12.4 Å². The Labute approximate surface area is 166 Å². The summed E-state index contributed by atoms with van der Waals surface area (Å²) in [7, 11) is 2.52. The zero-order valence-corrected chi connectivity index (χ0v) is 16.0. The maximum absolute atomic E-state index is 13.5. The van der Waals surface area contributed by atoms with Gasteiger partial charge in [0.25, 0.3) is 0 Å². The van der Waals surface area contributed by atoms with E-state index in [-0.39, 0.29) is 36.8 Å². The second kappa shape index (κ2) is 9.59. The molecule has 0 aromatic heterocycles. The van der Waals surface area contributed by atoms with Crippen molar-refractivity contribution in [3.8, 4) is 11.5 Å². The summed E-state index contributed by atoms with van der Waals surface area (Å²) in [6, 6.07) is 6.12.